The van der Waals surface area contributed by atoms with E-state index in [0.29, 0.717) is 0 Å². The van der Waals surface area contributed by atoms with Crippen molar-refractivity contribution in [2.24, 2.45) is 5.11 Å². The van der Waals surface area contributed by atoms with Crippen molar-refractivity contribution >= 4 is 18.0 Å². The smallest absolute Gasteiger partial charge is 0.407 e. The molecular weight excluding hydrogens is 462 g/mol. The first-order valence-corrected chi connectivity index (χ1v) is 11.8. The van der Waals surface area contributed by atoms with Crippen LogP contribution in [0.5, 0.6) is 0 Å². The van der Waals surface area contributed by atoms with Crippen molar-refractivity contribution in [1.29, 1.82) is 0 Å². The van der Waals surface area contributed by atoms with Crippen LogP contribution in [-0.2, 0) is 19.1 Å². The minimum atomic E-state index is -1.03. The van der Waals surface area contributed by atoms with E-state index in [9.17, 15) is 14.4 Å². The van der Waals surface area contributed by atoms with Crippen LogP contribution in [0, 0.1) is 0 Å². The van der Waals surface area contributed by atoms with Crippen LogP contribution in [0.25, 0.3) is 21.6 Å². The molecule has 2 N–H and O–H groups in total. The highest BCUT2D eigenvalue weighted by Crippen LogP contribution is 2.44. The Hall–Kier alpha value is -4.04. The second-order valence-electron chi connectivity index (χ2n) is 9.39. The summed E-state index contributed by atoms with van der Waals surface area (Å²) in [7, 11) is 0. The van der Waals surface area contributed by atoms with Gasteiger partial charge in [-0.1, -0.05) is 53.6 Å². The van der Waals surface area contributed by atoms with Crippen molar-refractivity contribution in [3.63, 3.8) is 0 Å². The number of benzene rings is 2. The van der Waals surface area contributed by atoms with Gasteiger partial charge in [-0.15, -0.1) is 0 Å². The Bertz CT molecular complexity index is 1110. The van der Waals surface area contributed by atoms with Gasteiger partial charge in [0.1, 0.15) is 18.2 Å². The van der Waals surface area contributed by atoms with Gasteiger partial charge in [0.15, 0.2) is 0 Å². The lowest BCUT2D eigenvalue weighted by molar-refractivity contribution is -0.155. The zero-order valence-corrected chi connectivity index (χ0v) is 20.7. The minimum absolute atomic E-state index is 0.0203. The lowest BCUT2D eigenvalue weighted by atomic mass is 9.98. The highest BCUT2D eigenvalue weighted by Gasteiger charge is 2.30. The number of esters is 1. The van der Waals surface area contributed by atoms with Crippen LogP contribution in [0.2, 0.25) is 0 Å². The topological polar surface area (TPSA) is 142 Å². The van der Waals surface area contributed by atoms with Crippen LogP contribution in [0.15, 0.2) is 53.6 Å². The molecule has 10 nitrogen and oxygen atoms in total. The molecule has 0 radical (unpaired) electrons. The maximum atomic E-state index is 12.7. The molecule has 0 saturated carbocycles. The molecule has 0 bridgehead atoms. The number of rotatable bonds is 10. The van der Waals surface area contributed by atoms with Gasteiger partial charge < -0.3 is 20.1 Å². The fourth-order valence-corrected chi connectivity index (χ4v) is 4.10. The largest absolute Gasteiger partial charge is 0.460 e. The van der Waals surface area contributed by atoms with Crippen molar-refractivity contribution in [1.82, 2.24) is 10.6 Å². The molecule has 3 rings (SSSR count). The third kappa shape index (κ3) is 7.23. The predicted octanol–water partition coefficient (Wildman–Crippen LogP) is 4.44. The molecule has 0 aromatic heterocycles. The fourth-order valence-electron chi connectivity index (χ4n) is 4.10. The van der Waals surface area contributed by atoms with Gasteiger partial charge in [-0.3, -0.25) is 9.59 Å². The Kier molecular flexibility index (Phi) is 8.91. The SMILES string of the molecule is CC(C)(C)OC(=O)CC[C@@H](NC(=O)OCC1c2ccccc2-c2ccccc21)C(=O)NCCN=[N+]=[N-]. The maximum Gasteiger partial charge on any atom is 0.407 e. The monoisotopic (exact) mass is 493 g/mol. The number of carbonyl (C=O) groups is 3. The molecule has 2 aromatic carbocycles. The fraction of sp³-hybridized carbons (Fsp3) is 0.423. The van der Waals surface area contributed by atoms with Crippen LogP contribution < -0.4 is 10.6 Å². The van der Waals surface area contributed by atoms with Crippen molar-refractivity contribution < 1.29 is 23.9 Å². The summed E-state index contributed by atoms with van der Waals surface area (Å²) in [6, 6.07) is 14.9. The number of azide groups is 1. The van der Waals surface area contributed by atoms with Gasteiger partial charge in [0.2, 0.25) is 5.91 Å². The highest BCUT2D eigenvalue weighted by atomic mass is 16.6. The Labute approximate surface area is 210 Å². The van der Waals surface area contributed by atoms with E-state index in [1.54, 1.807) is 20.8 Å². The highest BCUT2D eigenvalue weighted by molar-refractivity contribution is 5.86. The number of amides is 2. The molecule has 0 spiro atoms. The normalized spacial score (nSPS) is 13.0. The van der Waals surface area contributed by atoms with E-state index in [2.05, 4.69) is 20.7 Å². The quantitative estimate of drug-likeness (QED) is 0.165. The summed E-state index contributed by atoms with van der Waals surface area (Å²) < 4.78 is 10.8. The molecule has 190 valence electrons. The van der Waals surface area contributed by atoms with Crippen molar-refractivity contribution in [2.75, 3.05) is 19.7 Å². The number of alkyl carbamates (subject to hydrolysis) is 1. The molecule has 0 aliphatic heterocycles. The molecule has 10 heteroatoms. The van der Waals surface area contributed by atoms with Crippen molar-refractivity contribution in [2.45, 2.75) is 51.2 Å². The lowest BCUT2D eigenvalue weighted by Gasteiger charge is -2.22. The van der Waals surface area contributed by atoms with Gasteiger partial charge >= 0.3 is 12.1 Å². The van der Waals surface area contributed by atoms with E-state index < -0.39 is 29.6 Å². The van der Waals surface area contributed by atoms with Gasteiger partial charge in [-0.25, -0.2) is 4.79 Å². The third-order valence-corrected chi connectivity index (χ3v) is 5.58. The Morgan fingerprint density at radius 2 is 1.67 bits per heavy atom. The molecule has 2 amide bonds. The molecule has 0 saturated heterocycles. The minimum Gasteiger partial charge on any atom is -0.460 e. The average Bonchev–Trinajstić information content (AvgIpc) is 3.15. The van der Waals surface area contributed by atoms with Crippen LogP contribution in [0.1, 0.15) is 50.7 Å². The van der Waals surface area contributed by atoms with Gasteiger partial charge in [0.25, 0.3) is 0 Å². The number of nitrogens with zero attached hydrogens (tertiary/aromatic N) is 3. The van der Waals surface area contributed by atoms with E-state index in [1.165, 1.54) is 0 Å². The molecule has 1 atom stereocenters. The molecule has 2 aromatic rings. The predicted molar refractivity (Wildman–Crippen MR) is 134 cm³/mol. The molecule has 1 aliphatic rings. The Balaban J connectivity index is 1.63. The molecule has 1 aliphatic carbocycles. The van der Waals surface area contributed by atoms with Crippen molar-refractivity contribution in [3.05, 3.63) is 70.1 Å². The summed E-state index contributed by atoms with van der Waals surface area (Å²) in [5, 5.41) is 8.52. The first-order chi connectivity index (χ1) is 17.2. The number of nitrogens with one attached hydrogen (secondary N) is 2. The number of fused-ring (bicyclic) bond motifs is 3. The van der Waals surface area contributed by atoms with Crippen LogP contribution in [-0.4, -0.2) is 49.3 Å². The summed E-state index contributed by atoms with van der Waals surface area (Å²) >= 11 is 0. The molecule has 0 fully saturated rings. The van der Waals surface area contributed by atoms with Gasteiger partial charge in [-0.05, 0) is 55.0 Å². The summed E-state index contributed by atoms with van der Waals surface area (Å²) in [6.07, 6.45) is -0.821. The summed E-state index contributed by atoms with van der Waals surface area (Å²) in [4.78, 5) is 40.1. The van der Waals surface area contributed by atoms with Crippen LogP contribution >= 0.6 is 0 Å². The van der Waals surface area contributed by atoms with Crippen LogP contribution in [0.3, 0.4) is 0 Å². The summed E-state index contributed by atoms with van der Waals surface area (Å²) in [5.41, 5.74) is 12.1. The maximum absolute atomic E-state index is 12.7. The standard InChI is InChI=1S/C26H31N5O5/c1-26(2,3)36-23(32)13-12-22(24(33)28-14-15-29-31-27)30-25(34)35-16-21-19-10-6-4-8-17(19)18-9-5-7-11-20(18)21/h4-11,21-22H,12-16H2,1-3H3,(H,28,33)(H,30,34)/t22-/m1/s1. The molecular formula is C26H31N5O5. The first kappa shape index (κ1) is 26.6. The van der Waals surface area contributed by atoms with Gasteiger partial charge in [0.05, 0.1) is 0 Å². The van der Waals surface area contributed by atoms with Crippen LogP contribution in [0.4, 0.5) is 4.79 Å². The number of hydrogen-bond acceptors (Lipinski definition) is 6. The molecule has 0 unspecified atom stereocenters. The van der Waals surface area contributed by atoms with Gasteiger partial charge in [-0.2, -0.15) is 0 Å². The summed E-state index contributed by atoms with van der Waals surface area (Å²) in [5.74, 6) is -1.12. The third-order valence-electron chi connectivity index (χ3n) is 5.58. The Morgan fingerprint density at radius 1 is 1.06 bits per heavy atom. The van der Waals surface area contributed by atoms with E-state index in [4.69, 9.17) is 15.0 Å². The zero-order chi connectivity index (χ0) is 26.1. The number of carbonyl (C=O) groups excluding carboxylic acids is 3. The summed E-state index contributed by atoms with van der Waals surface area (Å²) in [6.45, 7) is 5.50. The van der Waals surface area contributed by atoms with Gasteiger partial charge in [0, 0.05) is 30.3 Å². The van der Waals surface area contributed by atoms with E-state index in [1.807, 2.05) is 48.5 Å². The second-order valence-corrected chi connectivity index (χ2v) is 9.39. The first-order valence-electron chi connectivity index (χ1n) is 11.8. The Morgan fingerprint density at radius 3 is 2.25 bits per heavy atom. The number of hydrogen-bond donors (Lipinski definition) is 2. The molecule has 36 heavy (non-hydrogen) atoms. The van der Waals surface area contributed by atoms with E-state index in [0.717, 1.165) is 22.3 Å². The van der Waals surface area contributed by atoms with E-state index >= 15 is 0 Å². The molecule has 0 heterocycles. The number of ether oxygens (including phenoxy) is 2. The second kappa shape index (κ2) is 12.1. The zero-order valence-electron chi connectivity index (χ0n) is 20.7. The lowest BCUT2D eigenvalue weighted by Crippen LogP contribution is -2.48. The average molecular weight is 494 g/mol. The van der Waals surface area contributed by atoms with E-state index in [-0.39, 0.29) is 38.5 Å². The van der Waals surface area contributed by atoms with Crippen molar-refractivity contribution in [3.8, 4) is 11.1 Å².